The van der Waals surface area contributed by atoms with E-state index >= 15 is 0 Å². The molecule has 0 amide bonds. The van der Waals surface area contributed by atoms with E-state index < -0.39 is 0 Å². The van der Waals surface area contributed by atoms with Crippen LogP contribution >= 0.6 is 0 Å². The number of anilines is 2. The van der Waals surface area contributed by atoms with Gasteiger partial charge in [0.25, 0.3) is 0 Å². The first-order valence-corrected chi connectivity index (χ1v) is 9.74. The summed E-state index contributed by atoms with van der Waals surface area (Å²) >= 11 is 0. The molecular weight excluding hydrogens is 348 g/mol. The zero-order valence-electron chi connectivity index (χ0n) is 16.7. The number of nitrogens with one attached hydrogen (secondary N) is 2. The van der Waals surface area contributed by atoms with Gasteiger partial charge in [-0.15, -0.1) is 0 Å². The van der Waals surface area contributed by atoms with Crippen LogP contribution in [0.15, 0.2) is 60.8 Å². The molecule has 2 aromatic carbocycles. The summed E-state index contributed by atoms with van der Waals surface area (Å²) in [6.07, 6.45) is 4.34. The van der Waals surface area contributed by atoms with Gasteiger partial charge in [-0.1, -0.05) is 18.7 Å². The zero-order valence-corrected chi connectivity index (χ0v) is 16.7. The van der Waals surface area contributed by atoms with Crippen LogP contribution < -0.4 is 15.4 Å². The third kappa shape index (κ3) is 5.46. The first-order chi connectivity index (χ1) is 13.7. The van der Waals surface area contributed by atoms with Crippen LogP contribution in [-0.4, -0.2) is 23.6 Å². The Bertz CT molecular complexity index is 922. The lowest BCUT2D eigenvalue weighted by Gasteiger charge is -2.11. The molecule has 0 aliphatic carbocycles. The van der Waals surface area contributed by atoms with Gasteiger partial charge < -0.3 is 15.4 Å². The summed E-state index contributed by atoms with van der Waals surface area (Å²) in [5.74, 6) is 2.45. The Morgan fingerprint density at radius 2 is 1.79 bits per heavy atom. The molecule has 0 atom stereocenters. The van der Waals surface area contributed by atoms with Gasteiger partial charge in [-0.2, -0.15) is 0 Å². The van der Waals surface area contributed by atoms with E-state index in [0.29, 0.717) is 0 Å². The molecule has 1 heterocycles. The quantitative estimate of drug-likeness (QED) is 0.467. The highest BCUT2D eigenvalue weighted by Gasteiger charge is 2.06. The highest BCUT2D eigenvalue weighted by molar-refractivity contribution is 5.90. The van der Waals surface area contributed by atoms with Crippen molar-refractivity contribution >= 4 is 22.4 Å². The molecule has 3 aromatic rings. The summed E-state index contributed by atoms with van der Waals surface area (Å²) in [7, 11) is 1.92. The fraction of sp³-hybridized carbons (Fsp3) is 0.304. The Kier molecular flexibility index (Phi) is 6.84. The van der Waals surface area contributed by atoms with Crippen molar-refractivity contribution in [1.29, 1.82) is 0 Å². The number of allylic oxidation sites excluding steroid dienone is 1. The highest BCUT2D eigenvalue weighted by atomic mass is 16.5. The van der Waals surface area contributed by atoms with Crippen molar-refractivity contribution in [3.8, 4) is 5.75 Å². The maximum Gasteiger partial charge on any atom is 0.142 e. The molecule has 0 saturated heterocycles. The number of aromatic nitrogens is 2. The van der Waals surface area contributed by atoms with Gasteiger partial charge in [0.1, 0.15) is 17.4 Å². The van der Waals surface area contributed by atoms with Gasteiger partial charge >= 0.3 is 0 Å². The molecule has 28 heavy (non-hydrogen) atoms. The standard InChI is InChI=1S/C23H28N4O/c1-17(24-3)9-5-4-8-16-28-20-14-12-19(13-15-20)27-23-21-10-6-7-11-22(21)25-18(2)26-23/h6-7,10-15,24H,1,4-5,8-9,16H2,2-3H3,(H,25,26,27). The molecule has 0 unspecified atom stereocenters. The molecule has 0 saturated carbocycles. The number of unbranched alkanes of at least 4 members (excludes halogenated alkanes) is 2. The number of aryl methyl sites for hydroxylation is 1. The summed E-state index contributed by atoms with van der Waals surface area (Å²) in [5.41, 5.74) is 3.01. The van der Waals surface area contributed by atoms with E-state index in [1.807, 2.05) is 62.5 Å². The Hall–Kier alpha value is -3.08. The van der Waals surface area contributed by atoms with Crippen LogP contribution in [0, 0.1) is 6.92 Å². The molecule has 0 aliphatic rings. The predicted molar refractivity (Wildman–Crippen MR) is 116 cm³/mol. The Labute approximate surface area is 166 Å². The minimum atomic E-state index is 0.731. The molecule has 2 N–H and O–H groups in total. The van der Waals surface area contributed by atoms with Crippen molar-refractivity contribution in [3.05, 3.63) is 66.6 Å². The lowest BCUT2D eigenvalue weighted by molar-refractivity contribution is 0.305. The minimum absolute atomic E-state index is 0.731. The van der Waals surface area contributed by atoms with Crippen LogP contribution in [0.1, 0.15) is 31.5 Å². The van der Waals surface area contributed by atoms with E-state index in [0.717, 1.165) is 72.0 Å². The smallest absolute Gasteiger partial charge is 0.142 e. The van der Waals surface area contributed by atoms with Crippen molar-refractivity contribution in [1.82, 2.24) is 15.3 Å². The number of hydrogen-bond donors (Lipinski definition) is 2. The molecule has 0 fully saturated rings. The SMILES string of the molecule is C=C(CCCCCOc1ccc(Nc2nc(C)nc3ccccc23)cc1)NC. The lowest BCUT2D eigenvalue weighted by Crippen LogP contribution is -2.04. The molecule has 146 valence electrons. The maximum absolute atomic E-state index is 5.84. The van der Waals surface area contributed by atoms with Gasteiger partial charge in [0.15, 0.2) is 0 Å². The minimum Gasteiger partial charge on any atom is -0.494 e. The number of ether oxygens (including phenoxy) is 1. The van der Waals surface area contributed by atoms with Crippen molar-refractivity contribution in [2.75, 3.05) is 19.0 Å². The molecule has 5 heteroatoms. The summed E-state index contributed by atoms with van der Waals surface area (Å²) < 4.78 is 5.84. The maximum atomic E-state index is 5.84. The Morgan fingerprint density at radius 1 is 1.00 bits per heavy atom. The first kappa shape index (κ1) is 19.7. The molecular formula is C23H28N4O. The van der Waals surface area contributed by atoms with E-state index in [2.05, 4.69) is 27.2 Å². The fourth-order valence-electron chi connectivity index (χ4n) is 2.99. The van der Waals surface area contributed by atoms with Crippen molar-refractivity contribution in [3.63, 3.8) is 0 Å². The summed E-state index contributed by atoms with van der Waals surface area (Å²) in [6.45, 7) is 6.58. The monoisotopic (exact) mass is 376 g/mol. The first-order valence-electron chi connectivity index (χ1n) is 9.74. The second-order valence-corrected chi connectivity index (χ2v) is 6.80. The summed E-state index contributed by atoms with van der Waals surface area (Å²) in [5, 5.41) is 7.48. The number of benzene rings is 2. The Morgan fingerprint density at radius 3 is 2.57 bits per heavy atom. The molecule has 0 radical (unpaired) electrons. The van der Waals surface area contributed by atoms with Crippen molar-refractivity contribution in [2.24, 2.45) is 0 Å². The molecule has 3 rings (SSSR count). The Balaban J connectivity index is 1.52. The normalized spacial score (nSPS) is 10.6. The van der Waals surface area contributed by atoms with Gasteiger partial charge in [0.2, 0.25) is 0 Å². The number of rotatable bonds is 10. The molecule has 0 bridgehead atoms. The van der Waals surface area contributed by atoms with E-state index in [1.54, 1.807) is 0 Å². The average Bonchev–Trinajstić information content (AvgIpc) is 2.71. The second kappa shape index (κ2) is 9.74. The summed E-state index contributed by atoms with van der Waals surface area (Å²) in [6, 6.07) is 16.0. The number of fused-ring (bicyclic) bond motifs is 1. The van der Waals surface area contributed by atoms with Gasteiger partial charge in [-0.3, -0.25) is 0 Å². The highest BCUT2D eigenvalue weighted by Crippen LogP contribution is 2.25. The van der Waals surface area contributed by atoms with Crippen molar-refractivity contribution in [2.45, 2.75) is 32.6 Å². The van der Waals surface area contributed by atoms with Crippen LogP contribution in [0.25, 0.3) is 10.9 Å². The van der Waals surface area contributed by atoms with Crippen LogP contribution in [0.3, 0.4) is 0 Å². The van der Waals surface area contributed by atoms with Crippen LogP contribution in [-0.2, 0) is 0 Å². The second-order valence-electron chi connectivity index (χ2n) is 6.80. The number of nitrogens with zero attached hydrogens (tertiary/aromatic N) is 2. The van der Waals surface area contributed by atoms with Crippen LogP contribution in [0.2, 0.25) is 0 Å². The third-order valence-electron chi connectivity index (χ3n) is 4.58. The van der Waals surface area contributed by atoms with E-state index in [-0.39, 0.29) is 0 Å². The topological polar surface area (TPSA) is 59.1 Å². The number of hydrogen-bond acceptors (Lipinski definition) is 5. The van der Waals surface area contributed by atoms with E-state index in [4.69, 9.17) is 4.74 Å². The van der Waals surface area contributed by atoms with Gasteiger partial charge in [-0.25, -0.2) is 9.97 Å². The molecule has 0 aliphatic heterocycles. The number of para-hydroxylation sites is 1. The average molecular weight is 377 g/mol. The lowest BCUT2D eigenvalue weighted by atomic mass is 10.2. The van der Waals surface area contributed by atoms with Gasteiger partial charge in [-0.05, 0) is 69.0 Å². The summed E-state index contributed by atoms with van der Waals surface area (Å²) in [4.78, 5) is 9.03. The van der Waals surface area contributed by atoms with E-state index in [9.17, 15) is 0 Å². The molecule has 5 nitrogen and oxygen atoms in total. The van der Waals surface area contributed by atoms with Gasteiger partial charge in [0, 0.05) is 23.8 Å². The zero-order chi connectivity index (χ0) is 19.8. The fourth-order valence-corrected chi connectivity index (χ4v) is 2.99. The largest absolute Gasteiger partial charge is 0.494 e. The van der Waals surface area contributed by atoms with Gasteiger partial charge in [0.05, 0.1) is 12.1 Å². The van der Waals surface area contributed by atoms with Crippen LogP contribution in [0.5, 0.6) is 5.75 Å². The molecule has 1 aromatic heterocycles. The molecule has 0 spiro atoms. The van der Waals surface area contributed by atoms with Crippen LogP contribution in [0.4, 0.5) is 11.5 Å². The van der Waals surface area contributed by atoms with Crippen molar-refractivity contribution < 1.29 is 4.74 Å². The predicted octanol–water partition coefficient (Wildman–Crippen LogP) is 5.35. The third-order valence-corrected chi connectivity index (χ3v) is 4.58. The van der Waals surface area contributed by atoms with E-state index in [1.165, 1.54) is 0 Å².